The highest BCUT2D eigenvalue weighted by Gasteiger charge is 2.21. The molecule has 3 heteroatoms. The van der Waals surface area contributed by atoms with Gasteiger partial charge in [0.05, 0.1) is 16.7 Å². The number of para-hydroxylation sites is 2. The lowest BCUT2D eigenvalue weighted by Crippen LogP contribution is -2.29. The van der Waals surface area contributed by atoms with E-state index < -0.39 is 6.23 Å². The third-order valence-corrected chi connectivity index (χ3v) is 11.6. The highest BCUT2D eigenvalue weighted by molar-refractivity contribution is 6.10. The van der Waals surface area contributed by atoms with E-state index in [9.17, 15) is 5.11 Å². The molecule has 1 heterocycles. The molecule has 292 valence electrons. The van der Waals surface area contributed by atoms with Crippen molar-refractivity contribution in [3.05, 3.63) is 248 Å². The number of hydrogen-bond acceptors (Lipinski definition) is 2. The number of aliphatic hydroxyl groups excluding tert-OH is 1. The van der Waals surface area contributed by atoms with Crippen molar-refractivity contribution < 1.29 is 5.11 Å². The molecule has 1 unspecified atom stereocenters. The summed E-state index contributed by atoms with van der Waals surface area (Å²) >= 11 is 0. The molecule has 3 nitrogen and oxygen atoms in total. The summed E-state index contributed by atoms with van der Waals surface area (Å²) in [7, 11) is 0. The first-order valence-corrected chi connectivity index (χ1v) is 20.9. The summed E-state index contributed by atoms with van der Waals surface area (Å²) in [6.07, 6.45) is 3.76. The molecule has 1 aromatic heterocycles. The summed E-state index contributed by atoms with van der Waals surface area (Å²) in [4.78, 5) is 2.03. The molecule has 0 bridgehead atoms. The zero-order chi connectivity index (χ0) is 41.0. The smallest absolute Gasteiger partial charge is 0.150 e. The maximum Gasteiger partial charge on any atom is 0.150 e. The van der Waals surface area contributed by atoms with Gasteiger partial charge in [0.15, 0.2) is 0 Å². The Labute approximate surface area is 357 Å². The van der Waals surface area contributed by atoms with E-state index in [1.54, 1.807) is 0 Å². The Balaban J connectivity index is 1.06. The van der Waals surface area contributed by atoms with Gasteiger partial charge in [-0.25, -0.2) is 0 Å². The van der Waals surface area contributed by atoms with Crippen LogP contribution in [0.15, 0.2) is 243 Å². The van der Waals surface area contributed by atoms with Gasteiger partial charge >= 0.3 is 0 Å². The predicted molar refractivity (Wildman–Crippen MR) is 256 cm³/mol. The van der Waals surface area contributed by atoms with E-state index in [0.717, 1.165) is 62.2 Å². The van der Waals surface area contributed by atoms with E-state index in [1.165, 1.54) is 33.2 Å². The third kappa shape index (κ3) is 7.67. The van der Waals surface area contributed by atoms with Crippen molar-refractivity contribution in [3.63, 3.8) is 0 Å². The first kappa shape index (κ1) is 37.5. The molecular formula is C58H44N2O. The zero-order valence-electron chi connectivity index (χ0n) is 33.7. The Morgan fingerprint density at radius 1 is 0.410 bits per heavy atom. The van der Waals surface area contributed by atoms with Crippen LogP contribution in [-0.4, -0.2) is 15.9 Å². The second-order valence-electron chi connectivity index (χ2n) is 15.4. The van der Waals surface area contributed by atoms with E-state index in [4.69, 9.17) is 0 Å². The highest BCUT2D eigenvalue weighted by atomic mass is 16.3. The van der Waals surface area contributed by atoms with Crippen molar-refractivity contribution in [2.75, 3.05) is 4.90 Å². The van der Waals surface area contributed by atoms with Crippen molar-refractivity contribution in [2.24, 2.45) is 0 Å². The van der Waals surface area contributed by atoms with Gasteiger partial charge in [-0.15, -0.1) is 0 Å². The molecule has 0 aliphatic carbocycles. The molecule has 61 heavy (non-hydrogen) atoms. The molecule has 10 aromatic rings. The number of allylic oxidation sites excluding steroid dienone is 1. The van der Waals surface area contributed by atoms with Gasteiger partial charge < -0.3 is 14.6 Å². The molecule has 0 saturated carbocycles. The van der Waals surface area contributed by atoms with Crippen LogP contribution in [0.1, 0.15) is 5.56 Å². The lowest BCUT2D eigenvalue weighted by atomic mass is 9.99. The number of aliphatic hydroxyl groups is 1. The molecule has 0 aliphatic rings. The molecule has 0 spiro atoms. The second kappa shape index (κ2) is 16.9. The Morgan fingerprint density at radius 2 is 0.869 bits per heavy atom. The van der Waals surface area contributed by atoms with Crippen LogP contribution in [0.5, 0.6) is 0 Å². The van der Waals surface area contributed by atoms with Crippen molar-refractivity contribution in [3.8, 4) is 50.2 Å². The molecule has 9 aromatic carbocycles. The fourth-order valence-corrected chi connectivity index (χ4v) is 8.53. The number of benzene rings is 9. The molecule has 0 amide bonds. The number of aromatic nitrogens is 1. The quantitative estimate of drug-likeness (QED) is 0.105. The van der Waals surface area contributed by atoms with E-state index >= 15 is 0 Å². The Hall–Kier alpha value is -7.72. The van der Waals surface area contributed by atoms with E-state index in [0.29, 0.717) is 0 Å². The average molecular weight is 785 g/mol. The summed E-state index contributed by atoms with van der Waals surface area (Å²) in [5.41, 5.74) is 15.6. The maximum absolute atomic E-state index is 12.1. The zero-order valence-corrected chi connectivity index (χ0v) is 33.7. The predicted octanol–water partition coefficient (Wildman–Crippen LogP) is 14.7. The van der Waals surface area contributed by atoms with Gasteiger partial charge in [0.25, 0.3) is 0 Å². The van der Waals surface area contributed by atoms with Crippen LogP contribution < -0.4 is 4.90 Å². The maximum atomic E-state index is 12.1. The van der Waals surface area contributed by atoms with Crippen LogP contribution in [0.25, 0.3) is 72.0 Å². The monoisotopic (exact) mass is 784 g/mol. The summed E-state index contributed by atoms with van der Waals surface area (Å²) in [5.74, 6) is 0. The fraction of sp³-hybridized carbons (Fsp3) is 0.0345. The van der Waals surface area contributed by atoms with Gasteiger partial charge in [-0.05, 0) is 93.4 Å². The van der Waals surface area contributed by atoms with Gasteiger partial charge in [-0.1, -0.05) is 200 Å². The number of nitrogens with zero attached hydrogens (tertiary/aromatic N) is 2. The minimum absolute atomic E-state index is 0.722. The SMILES string of the molecule is OC(/C=C\Cc1ccccc1)N(c1ccc(-c2ccc(-c3ccccc3)cc2)cc1)c1ccc2c3ccccc3n(-c3ccccc3-c3ccc(-c4ccccc4)cc3)c2c1. The van der Waals surface area contributed by atoms with Crippen molar-refractivity contribution in [1.29, 1.82) is 0 Å². The molecule has 10 rings (SSSR count). The van der Waals surface area contributed by atoms with Gasteiger partial charge in [0.2, 0.25) is 0 Å². The van der Waals surface area contributed by atoms with Crippen LogP contribution in [0.2, 0.25) is 0 Å². The lowest BCUT2D eigenvalue weighted by molar-refractivity contribution is 0.229. The average Bonchev–Trinajstić information content (AvgIpc) is 3.66. The normalized spacial score (nSPS) is 12.0. The summed E-state index contributed by atoms with van der Waals surface area (Å²) in [6.45, 7) is 0. The van der Waals surface area contributed by atoms with E-state index in [-0.39, 0.29) is 0 Å². The topological polar surface area (TPSA) is 28.4 Å². The summed E-state index contributed by atoms with van der Waals surface area (Å²) in [6, 6.07) is 81.3. The molecule has 0 saturated heterocycles. The lowest BCUT2D eigenvalue weighted by Gasteiger charge is -2.29. The number of fused-ring (bicyclic) bond motifs is 3. The Kier molecular flexibility index (Phi) is 10.4. The number of anilines is 2. The summed E-state index contributed by atoms with van der Waals surface area (Å²) < 4.78 is 2.38. The molecule has 0 radical (unpaired) electrons. The standard InChI is InChI=1S/C58H44N2O/c61-58(26-14-17-42-15-4-1-5-16-42)59(50-37-35-48(36-38-50)47-29-27-45(28-30-47)43-18-6-2-7-19-43)51-39-40-54-53-23-11-13-25-56(53)60(57(54)41-51)55-24-12-10-22-52(55)49-33-31-46(32-34-49)44-20-8-3-9-21-44/h1-16,18-41,58,61H,17H2/b26-14-. The number of rotatable bonds is 11. The highest BCUT2D eigenvalue weighted by Crippen LogP contribution is 2.40. The molecule has 1 N–H and O–H groups in total. The van der Waals surface area contributed by atoms with Crippen molar-refractivity contribution >= 4 is 33.2 Å². The molecule has 0 fully saturated rings. The minimum Gasteiger partial charge on any atom is -0.370 e. The van der Waals surface area contributed by atoms with Crippen molar-refractivity contribution in [1.82, 2.24) is 4.57 Å². The van der Waals surface area contributed by atoms with Gasteiger partial charge in [0.1, 0.15) is 6.23 Å². The fourth-order valence-electron chi connectivity index (χ4n) is 8.53. The third-order valence-electron chi connectivity index (χ3n) is 11.6. The second-order valence-corrected chi connectivity index (χ2v) is 15.4. The van der Waals surface area contributed by atoms with Crippen LogP contribution in [-0.2, 0) is 6.42 Å². The van der Waals surface area contributed by atoms with Gasteiger partial charge in [-0.3, -0.25) is 0 Å². The Bertz CT molecular complexity index is 3080. The van der Waals surface area contributed by atoms with Gasteiger partial charge in [-0.2, -0.15) is 0 Å². The van der Waals surface area contributed by atoms with Crippen LogP contribution in [0, 0.1) is 0 Å². The first-order chi connectivity index (χ1) is 30.2. The summed E-state index contributed by atoms with van der Waals surface area (Å²) in [5, 5.41) is 14.5. The number of hydrogen-bond donors (Lipinski definition) is 1. The van der Waals surface area contributed by atoms with Crippen molar-refractivity contribution in [2.45, 2.75) is 12.6 Å². The molecular weight excluding hydrogens is 741 g/mol. The van der Waals surface area contributed by atoms with Crippen LogP contribution in [0.4, 0.5) is 11.4 Å². The van der Waals surface area contributed by atoms with Gasteiger partial charge in [0, 0.05) is 27.7 Å². The molecule has 0 aliphatic heterocycles. The van der Waals surface area contributed by atoms with Crippen LogP contribution >= 0.6 is 0 Å². The first-order valence-electron chi connectivity index (χ1n) is 20.9. The molecule has 1 atom stereocenters. The minimum atomic E-state index is -0.926. The largest absolute Gasteiger partial charge is 0.370 e. The van der Waals surface area contributed by atoms with E-state index in [2.05, 4.69) is 229 Å². The van der Waals surface area contributed by atoms with E-state index in [1.807, 2.05) is 23.1 Å². The van der Waals surface area contributed by atoms with Crippen LogP contribution in [0.3, 0.4) is 0 Å². The Morgan fingerprint density at radius 3 is 1.49 bits per heavy atom.